The van der Waals surface area contributed by atoms with Gasteiger partial charge in [-0.2, -0.15) is 4.57 Å². The van der Waals surface area contributed by atoms with Crippen LogP contribution in [-0.4, -0.2) is 14.1 Å². The fourth-order valence-corrected chi connectivity index (χ4v) is 3.56. The van der Waals surface area contributed by atoms with Crippen molar-refractivity contribution in [3.05, 3.63) is 71.9 Å². The van der Waals surface area contributed by atoms with Gasteiger partial charge in [0, 0.05) is 49.3 Å². The minimum atomic E-state index is -4.94. The molecule has 3 aromatic rings. The molecule has 0 spiro atoms. The molecule has 0 radical (unpaired) electrons. The second kappa shape index (κ2) is 8.90. The van der Waals surface area contributed by atoms with Crippen LogP contribution in [0.3, 0.4) is 0 Å². The van der Waals surface area contributed by atoms with E-state index in [1.54, 1.807) is 0 Å². The van der Waals surface area contributed by atoms with Gasteiger partial charge in [0.25, 0.3) is 0 Å². The van der Waals surface area contributed by atoms with Crippen LogP contribution in [0.5, 0.6) is 0 Å². The molecule has 29 heavy (non-hydrogen) atoms. The van der Waals surface area contributed by atoms with Gasteiger partial charge in [-0.25, -0.2) is 18.6 Å². The summed E-state index contributed by atoms with van der Waals surface area (Å²) < 4.78 is 36.4. The van der Waals surface area contributed by atoms with E-state index in [1.807, 2.05) is 0 Å². The van der Waals surface area contributed by atoms with Crippen LogP contribution in [0, 0.1) is 10.2 Å². The number of pyridine rings is 1. The van der Waals surface area contributed by atoms with Gasteiger partial charge in [0.1, 0.15) is 6.54 Å². The van der Waals surface area contributed by atoms with Crippen LogP contribution in [-0.2, 0) is 6.54 Å². The van der Waals surface area contributed by atoms with E-state index in [2.05, 4.69) is 90.3 Å². The molecule has 2 aromatic carbocycles. The summed E-state index contributed by atoms with van der Waals surface area (Å²) in [5, 5.41) is 1.32. The number of rotatable bonds is 2. The topological polar surface area (TPSA) is 99.4 Å². The summed E-state index contributed by atoms with van der Waals surface area (Å²) in [6.07, 6.45) is 4.69. The lowest BCUT2D eigenvalue weighted by atomic mass is 9.97. The second-order valence-electron chi connectivity index (χ2n) is 7.07. The van der Waals surface area contributed by atoms with E-state index in [-0.39, 0.29) is 0 Å². The Labute approximate surface area is 172 Å². The normalized spacial score (nSPS) is 14.9. The van der Waals surface area contributed by atoms with Crippen molar-refractivity contribution in [2.45, 2.75) is 19.4 Å². The summed E-state index contributed by atoms with van der Waals surface area (Å²) >= 11 is 0. The maximum Gasteiger partial charge on any atom is 0.212 e. The third-order valence-electron chi connectivity index (χ3n) is 4.85. The smallest absolute Gasteiger partial charge is 0.212 e. The molecule has 0 amide bonds. The zero-order valence-electron chi connectivity index (χ0n) is 16.4. The van der Waals surface area contributed by atoms with Gasteiger partial charge in [-0.3, -0.25) is 0 Å². The largest absolute Gasteiger partial charge is 0.378 e. The number of halogens is 1. The summed E-state index contributed by atoms with van der Waals surface area (Å²) in [5.74, 6) is 0. The predicted octanol–water partition coefficient (Wildman–Crippen LogP) is -0.228. The monoisotopic (exact) mass is 414 g/mol. The van der Waals surface area contributed by atoms with Gasteiger partial charge in [0.2, 0.25) is 11.2 Å². The van der Waals surface area contributed by atoms with Gasteiger partial charge < -0.3 is 4.90 Å². The minimum absolute atomic E-state index is 1.10. The fraction of sp³-hybridized carbons (Fsp3) is 0.227. The summed E-state index contributed by atoms with van der Waals surface area (Å²) in [4.78, 5) is 2.13. The first kappa shape index (κ1) is 21.2. The lowest BCUT2D eigenvalue weighted by molar-refractivity contribution is -2.00. The lowest BCUT2D eigenvalue weighted by Crippen LogP contribution is -2.68. The Morgan fingerprint density at radius 2 is 1.55 bits per heavy atom. The first-order chi connectivity index (χ1) is 13.7. The highest BCUT2D eigenvalue weighted by Crippen LogP contribution is 2.27. The van der Waals surface area contributed by atoms with Crippen LogP contribution >= 0.6 is 0 Å². The summed E-state index contributed by atoms with van der Waals surface area (Å²) in [7, 11) is -0.792. The van der Waals surface area contributed by atoms with Gasteiger partial charge in [0.05, 0.1) is 0 Å². The Hall–Kier alpha value is -2.48. The van der Waals surface area contributed by atoms with Gasteiger partial charge in [-0.1, -0.05) is 24.3 Å². The Kier molecular flexibility index (Phi) is 6.52. The number of allylic oxidation sites excluding steroid dienone is 1. The van der Waals surface area contributed by atoms with E-state index in [1.165, 1.54) is 39.8 Å². The zero-order valence-corrected chi connectivity index (χ0v) is 17.1. The van der Waals surface area contributed by atoms with Crippen molar-refractivity contribution in [3.8, 4) is 0 Å². The quantitative estimate of drug-likeness (QED) is 0.539. The summed E-state index contributed by atoms with van der Waals surface area (Å²) in [6.45, 7) is 1.10. The molecule has 2 heterocycles. The van der Waals surface area contributed by atoms with Crippen molar-refractivity contribution in [1.82, 2.24) is 0 Å². The molecule has 1 aliphatic heterocycles. The molecule has 4 rings (SSSR count). The van der Waals surface area contributed by atoms with E-state index >= 15 is 0 Å². The fourth-order valence-electron chi connectivity index (χ4n) is 3.56. The van der Waals surface area contributed by atoms with Crippen molar-refractivity contribution >= 4 is 28.2 Å². The standard InChI is InChI=1S/C22H23N2.ClHO4/c1-23(2)20-12-9-17(10-13-20)16-19-7-5-15-24-21-8-4-3-6-18(21)11-14-22(19)24;2-1(3,4)5/h3-4,6,8-14,16H,5,7,15H2,1-2H3;(H,2,3,4,5)/q+1;/p-1. The molecule has 0 atom stereocenters. The molecule has 7 heteroatoms. The molecule has 0 saturated carbocycles. The molecular formula is C22H23ClN2O4. The molecule has 0 saturated heterocycles. The number of nitrogens with zero attached hydrogens (tertiary/aromatic N) is 2. The highest BCUT2D eigenvalue weighted by molar-refractivity contribution is 5.82. The average molecular weight is 415 g/mol. The van der Waals surface area contributed by atoms with Crippen LogP contribution < -0.4 is 28.1 Å². The van der Waals surface area contributed by atoms with Crippen molar-refractivity contribution in [3.63, 3.8) is 0 Å². The van der Waals surface area contributed by atoms with Crippen LogP contribution in [0.25, 0.3) is 22.6 Å². The van der Waals surface area contributed by atoms with Crippen LogP contribution in [0.15, 0.2) is 60.7 Å². The number of para-hydroxylation sites is 1. The minimum Gasteiger partial charge on any atom is -0.378 e. The van der Waals surface area contributed by atoms with E-state index in [4.69, 9.17) is 18.6 Å². The lowest BCUT2D eigenvalue weighted by Gasteiger charge is -2.17. The number of aromatic nitrogens is 1. The third-order valence-corrected chi connectivity index (χ3v) is 4.85. The summed E-state index contributed by atoms with van der Waals surface area (Å²) in [6, 6.07) is 22.0. The summed E-state index contributed by atoms with van der Waals surface area (Å²) in [5.41, 5.74) is 6.64. The van der Waals surface area contributed by atoms with Gasteiger partial charge >= 0.3 is 0 Å². The van der Waals surface area contributed by atoms with E-state index < -0.39 is 10.2 Å². The van der Waals surface area contributed by atoms with Gasteiger partial charge in [-0.15, -0.1) is 10.2 Å². The maximum absolute atomic E-state index is 8.49. The Morgan fingerprint density at radius 3 is 2.21 bits per heavy atom. The number of fused-ring (bicyclic) bond motifs is 3. The van der Waals surface area contributed by atoms with Crippen LogP contribution in [0.1, 0.15) is 24.1 Å². The zero-order chi connectivity index (χ0) is 21.0. The molecule has 0 bridgehead atoms. The molecule has 1 aliphatic rings. The molecule has 0 fully saturated rings. The number of aryl methyl sites for hydroxylation is 1. The van der Waals surface area contributed by atoms with Crippen molar-refractivity contribution in [2.75, 3.05) is 19.0 Å². The molecule has 6 nitrogen and oxygen atoms in total. The molecule has 1 aromatic heterocycles. The van der Waals surface area contributed by atoms with Crippen molar-refractivity contribution in [1.29, 1.82) is 0 Å². The SMILES string of the molecule is CN(C)c1ccc(/C=C2\CCC[n+]3c2ccc2ccccc23)cc1.[O-][Cl+3]([O-])([O-])[O-]. The van der Waals surface area contributed by atoms with Gasteiger partial charge in [-0.05, 0) is 42.3 Å². The number of hydrogen-bond acceptors (Lipinski definition) is 5. The molecule has 152 valence electrons. The molecule has 0 N–H and O–H groups in total. The van der Waals surface area contributed by atoms with E-state index in [9.17, 15) is 0 Å². The first-order valence-electron chi connectivity index (χ1n) is 9.24. The van der Waals surface area contributed by atoms with Crippen LogP contribution in [0.4, 0.5) is 5.69 Å². The Morgan fingerprint density at radius 1 is 0.897 bits per heavy atom. The average Bonchev–Trinajstić information content (AvgIpc) is 2.67. The molecule has 0 aliphatic carbocycles. The van der Waals surface area contributed by atoms with Crippen LogP contribution in [0.2, 0.25) is 0 Å². The number of benzene rings is 2. The first-order valence-corrected chi connectivity index (χ1v) is 10.5. The third kappa shape index (κ3) is 5.76. The molecular weight excluding hydrogens is 392 g/mol. The highest BCUT2D eigenvalue weighted by Gasteiger charge is 2.23. The maximum atomic E-state index is 8.49. The Balaban J connectivity index is 0.000000431. The predicted molar refractivity (Wildman–Crippen MR) is 102 cm³/mol. The highest BCUT2D eigenvalue weighted by atomic mass is 35.7. The molecule has 0 unspecified atom stereocenters. The van der Waals surface area contributed by atoms with E-state index in [0.717, 1.165) is 13.0 Å². The Bertz CT molecular complexity index is 1010. The van der Waals surface area contributed by atoms with E-state index in [0.29, 0.717) is 0 Å². The number of hydrogen-bond donors (Lipinski definition) is 0. The second-order valence-corrected chi connectivity index (χ2v) is 7.82. The number of anilines is 1. The van der Waals surface area contributed by atoms with Gasteiger partial charge in [0.15, 0.2) is 0 Å². The van der Waals surface area contributed by atoms with Crippen molar-refractivity contribution < 1.29 is 33.4 Å². The van der Waals surface area contributed by atoms with Crippen molar-refractivity contribution in [2.24, 2.45) is 0 Å².